The van der Waals surface area contributed by atoms with Gasteiger partial charge in [0.2, 0.25) is 0 Å². The van der Waals surface area contributed by atoms with Gasteiger partial charge in [-0.3, -0.25) is 14.9 Å². The number of carbonyl (C=O) groups is 2. The third-order valence-corrected chi connectivity index (χ3v) is 2.73. The summed E-state index contributed by atoms with van der Waals surface area (Å²) in [6.07, 6.45) is 1.02. The Kier molecular flexibility index (Phi) is 2.74. The minimum Gasteiger partial charge on any atom is -0.282 e. The van der Waals surface area contributed by atoms with Gasteiger partial charge < -0.3 is 0 Å². The average Bonchev–Trinajstić information content (AvgIpc) is 2.51. The van der Waals surface area contributed by atoms with Gasteiger partial charge in [-0.05, 0) is 30.0 Å². The van der Waals surface area contributed by atoms with Crippen molar-refractivity contribution in [3.63, 3.8) is 0 Å². The van der Waals surface area contributed by atoms with Crippen LogP contribution in [0.25, 0.3) is 6.08 Å². The summed E-state index contributed by atoms with van der Waals surface area (Å²) in [4.78, 5) is 22.0. The molecular weight excluding hydrogens is 236 g/mol. The lowest BCUT2D eigenvalue weighted by Gasteiger charge is -1.98. The average molecular weight is 241 g/mol. The third-order valence-electron chi connectivity index (χ3n) is 1.92. The zero-order valence-corrected chi connectivity index (χ0v) is 8.61. The number of rotatable bonds is 1. The molecule has 3 nitrogen and oxygen atoms in total. The predicted octanol–water partition coefficient (Wildman–Crippen LogP) is 2.29. The second kappa shape index (κ2) is 4.05. The van der Waals surface area contributed by atoms with Gasteiger partial charge in [-0.2, -0.15) is 0 Å². The van der Waals surface area contributed by atoms with Crippen LogP contribution in [0.2, 0.25) is 0 Å². The Hall–Kier alpha value is -1.69. The molecule has 0 radical (unpaired) electrons. The number of carbonyl (C=O) groups excluding carboxylic acids is 2. The molecule has 0 unspecified atom stereocenters. The molecule has 0 saturated carbocycles. The number of imide groups is 1. The van der Waals surface area contributed by atoms with Crippen LogP contribution in [-0.4, -0.2) is 11.1 Å². The summed E-state index contributed by atoms with van der Waals surface area (Å²) in [5.41, 5.74) is -0.324. The van der Waals surface area contributed by atoms with Gasteiger partial charge in [-0.1, -0.05) is 6.07 Å². The van der Waals surface area contributed by atoms with Crippen molar-refractivity contribution in [1.29, 1.82) is 0 Å². The summed E-state index contributed by atoms with van der Waals surface area (Å²) < 4.78 is 26.4. The van der Waals surface area contributed by atoms with Crippen molar-refractivity contribution in [3.8, 4) is 0 Å². The molecule has 1 heterocycles. The van der Waals surface area contributed by atoms with E-state index >= 15 is 0 Å². The molecule has 1 aliphatic heterocycles. The largest absolute Gasteiger partial charge is 0.290 e. The van der Waals surface area contributed by atoms with Gasteiger partial charge in [0.05, 0.1) is 4.91 Å². The van der Waals surface area contributed by atoms with Crippen LogP contribution in [0.5, 0.6) is 0 Å². The smallest absolute Gasteiger partial charge is 0.282 e. The van der Waals surface area contributed by atoms with Crippen LogP contribution in [0.1, 0.15) is 5.56 Å². The third kappa shape index (κ3) is 1.96. The first-order chi connectivity index (χ1) is 7.58. The molecule has 1 saturated heterocycles. The van der Waals surface area contributed by atoms with Gasteiger partial charge in [0, 0.05) is 5.56 Å². The van der Waals surface area contributed by atoms with E-state index in [1.807, 2.05) is 5.32 Å². The summed E-state index contributed by atoms with van der Waals surface area (Å²) in [5.74, 6) is -2.20. The second-order valence-electron chi connectivity index (χ2n) is 2.99. The predicted molar refractivity (Wildman–Crippen MR) is 55.5 cm³/mol. The first-order valence-electron chi connectivity index (χ1n) is 4.27. The quantitative estimate of drug-likeness (QED) is 0.767. The minimum atomic E-state index is -0.778. The molecule has 0 atom stereocenters. The molecule has 82 valence electrons. The van der Waals surface area contributed by atoms with E-state index in [1.165, 1.54) is 6.07 Å². The minimum absolute atomic E-state index is 0.0194. The van der Waals surface area contributed by atoms with Gasteiger partial charge in [0.25, 0.3) is 11.1 Å². The number of benzene rings is 1. The van der Waals surface area contributed by atoms with E-state index in [-0.39, 0.29) is 10.5 Å². The summed E-state index contributed by atoms with van der Waals surface area (Å²) >= 11 is 0.614. The number of nitrogens with one attached hydrogen (secondary N) is 1. The molecule has 0 aromatic heterocycles. The van der Waals surface area contributed by atoms with E-state index in [4.69, 9.17) is 0 Å². The highest BCUT2D eigenvalue weighted by molar-refractivity contribution is 8.18. The fourth-order valence-electron chi connectivity index (χ4n) is 1.20. The van der Waals surface area contributed by atoms with Crippen molar-refractivity contribution in [3.05, 3.63) is 40.3 Å². The van der Waals surface area contributed by atoms with E-state index in [0.29, 0.717) is 11.8 Å². The molecular formula is C10H5F2NO2S. The lowest BCUT2D eigenvalue weighted by molar-refractivity contribution is -0.115. The standard InChI is InChI=1S/C10H5F2NO2S/c11-6-2-1-3-7(12)5(6)4-8-9(14)13-10(15)16-8/h1-4H,(H,13,14,15). The van der Waals surface area contributed by atoms with Gasteiger partial charge >= 0.3 is 0 Å². The molecule has 1 aliphatic rings. The van der Waals surface area contributed by atoms with E-state index in [2.05, 4.69) is 0 Å². The van der Waals surface area contributed by atoms with Crippen LogP contribution in [0, 0.1) is 11.6 Å². The lowest BCUT2D eigenvalue weighted by Crippen LogP contribution is -2.17. The van der Waals surface area contributed by atoms with Crippen LogP contribution >= 0.6 is 11.8 Å². The van der Waals surface area contributed by atoms with Crippen LogP contribution in [0.4, 0.5) is 13.6 Å². The van der Waals surface area contributed by atoms with Crippen molar-refractivity contribution >= 4 is 29.0 Å². The molecule has 1 aromatic carbocycles. The molecule has 0 aliphatic carbocycles. The SMILES string of the molecule is O=C1NC(=O)C(=Cc2c(F)cccc2F)S1. The number of thioether (sulfide) groups is 1. The number of hydrogen-bond donors (Lipinski definition) is 1. The number of hydrogen-bond acceptors (Lipinski definition) is 3. The molecule has 6 heteroatoms. The Bertz CT molecular complexity index is 493. The second-order valence-corrected chi connectivity index (χ2v) is 4.00. The van der Waals surface area contributed by atoms with Gasteiger partial charge in [-0.15, -0.1) is 0 Å². The Labute approximate surface area is 93.5 Å². The van der Waals surface area contributed by atoms with E-state index < -0.39 is 22.8 Å². The fourth-order valence-corrected chi connectivity index (χ4v) is 1.86. The number of halogens is 2. The Morgan fingerprint density at radius 2 is 1.81 bits per heavy atom. The lowest BCUT2D eigenvalue weighted by atomic mass is 10.2. The molecule has 16 heavy (non-hydrogen) atoms. The maximum Gasteiger partial charge on any atom is 0.290 e. The van der Waals surface area contributed by atoms with Crippen molar-refractivity contribution < 1.29 is 18.4 Å². The molecule has 2 amide bonds. The highest BCUT2D eigenvalue weighted by atomic mass is 32.2. The molecule has 1 fully saturated rings. The molecule has 2 rings (SSSR count). The Morgan fingerprint density at radius 3 is 2.31 bits per heavy atom. The summed E-state index contributed by atoms with van der Waals surface area (Å²) in [6.45, 7) is 0. The van der Waals surface area contributed by atoms with Crippen LogP contribution in [-0.2, 0) is 4.79 Å². The Morgan fingerprint density at radius 1 is 1.19 bits per heavy atom. The van der Waals surface area contributed by atoms with Crippen molar-refractivity contribution in [2.75, 3.05) is 0 Å². The van der Waals surface area contributed by atoms with Crippen LogP contribution < -0.4 is 5.32 Å². The molecule has 0 bridgehead atoms. The first-order valence-corrected chi connectivity index (χ1v) is 5.08. The molecule has 0 spiro atoms. The monoisotopic (exact) mass is 241 g/mol. The number of amides is 2. The molecule has 1 aromatic rings. The van der Waals surface area contributed by atoms with Gasteiger partial charge in [-0.25, -0.2) is 8.78 Å². The normalized spacial score (nSPS) is 18.0. The van der Waals surface area contributed by atoms with Crippen molar-refractivity contribution in [2.24, 2.45) is 0 Å². The topological polar surface area (TPSA) is 46.2 Å². The van der Waals surface area contributed by atoms with Gasteiger partial charge in [0.15, 0.2) is 0 Å². The highest BCUT2D eigenvalue weighted by Gasteiger charge is 2.25. The van der Waals surface area contributed by atoms with E-state index in [1.54, 1.807) is 0 Å². The summed E-state index contributed by atoms with van der Waals surface area (Å²) in [7, 11) is 0. The Balaban J connectivity index is 2.44. The van der Waals surface area contributed by atoms with Crippen molar-refractivity contribution in [1.82, 2.24) is 5.32 Å². The van der Waals surface area contributed by atoms with Crippen LogP contribution in [0.15, 0.2) is 23.1 Å². The first kappa shape index (κ1) is 10.8. The van der Waals surface area contributed by atoms with E-state index in [9.17, 15) is 18.4 Å². The zero-order valence-electron chi connectivity index (χ0n) is 7.79. The van der Waals surface area contributed by atoms with E-state index in [0.717, 1.165) is 18.2 Å². The summed E-state index contributed by atoms with van der Waals surface area (Å²) in [5, 5.41) is 1.45. The van der Waals surface area contributed by atoms with Gasteiger partial charge in [0.1, 0.15) is 11.6 Å². The summed E-state index contributed by atoms with van der Waals surface area (Å²) in [6, 6.07) is 3.38. The maximum absolute atomic E-state index is 13.2. The van der Waals surface area contributed by atoms with Crippen LogP contribution in [0.3, 0.4) is 0 Å². The maximum atomic E-state index is 13.2. The zero-order chi connectivity index (χ0) is 11.7. The van der Waals surface area contributed by atoms with Crippen molar-refractivity contribution in [2.45, 2.75) is 0 Å². The fraction of sp³-hybridized carbons (Fsp3) is 0. The molecule has 1 N–H and O–H groups in total. The highest BCUT2D eigenvalue weighted by Crippen LogP contribution is 2.27.